The first-order chi connectivity index (χ1) is 7.52. The van der Waals surface area contributed by atoms with Crippen molar-refractivity contribution in [1.82, 2.24) is 0 Å². The third kappa shape index (κ3) is 3.07. The first kappa shape index (κ1) is 12.2. The summed E-state index contributed by atoms with van der Waals surface area (Å²) in [6, 6.07) is 8.57. The fourth-order valence-electron chi connectivity index (χ4n) is 1.04. The van der Waals surface area contributed by atoms with Gasteiger partial charge >= 0.3 is 5.97 Å². The Hall–Kier alpha value is -1.87. The van der Waals surface area contributed by atoms with Crippen molar-refractivity contribution in [3.05, 3.63) is 60.4 Å². The van der Waals surface area contributed by atoms with E-state index < -0.39 is 12.1 Å². The molecule has 0 unspecified atom stereocenters. The molecule has 0 aliphatic heterocycles. The number of carbonyl (C=O) groups excluding carboxylic acids is 1. The van der Waals surface area contributed by atoms with Crippen LogP contribution in [0.3, 0.4) is 0 Å². The average Bonchev–Trinajstić information content (AvgIpc) is 2.28. The lowest BCUT2D eigenvalue weighted by Crippen LogP contribution is -2.15. The topological polar surface area (TPSA) is 46.5 Å². The van der Waals surface area contributed by atoms with Gasteiger partial charge in [0, 0.05) is 0 Å². The van der Waals surface area contributed by atoms with Crippen LogP contribution in [0, 0.1) is 0 Å². The van der Waals surface area contributed by atoms with Crippen molar-refractivity contribution in [2.24, 2.45) is 0 Å². The first-order valence-electron chi connectivity index (χ1n) is 4.82. The standard InChI is InChI=1S/C13H14O3/c1-9(2)10(3)16-13(15)12(14)11-7-5-4-6-8-11/h4-8,12,14H,1,3H2,2H3/t12-/m1/s1. The van der Waals surface area contributed by atoms with Crippen LogP contribution >= 0.6 is 0 Å². The molecule has 0 amide bonds. The van der Waals surface area contributed by atoms with Gasteiger partial charge in [-0.05, 0) is 18.1 Å². The Morgan fingerprint density at radius 3 is 2.38 bits per heavy atom. The van der Waals surface area contributed by atoms with Gasteiger partial charge in [-0.2, -0.15) is 0 Å². The number of rotatable bonds is 4. The second-order valence-corrected chi connectivity index (χ2v) is 3.44. The highest BCUT2D eigenvalue weighted by atomic mass is 16.6. The zero-order chi connectivity index (χ0) is 12.1. The van der Waals surface area contributed by atoms with E-state index >= 15 is 0 Å². The molecule has 0 aliphatic carbocycles. The van der Waals surface area contributed by atoms with E-state index in [1.165, 1.54) is 0 Å². The van der Waals surface area contributed by atoms with E-state index in [1.807, 2.05) is 0 Å². The van der Waals surface area contributed by atoms with Crippen molar-refractivity contribution < 1.29 is 14.6 Å². The van der Waals surface area contributed by atoms with Crippen LogP contribution in [0.5, 0.6) is 0 Å². The Labute approximate surface area is 94.7 Å². The highest BCUT2D eigenvalue weighted by Crippen LogP contribution is 2.16. The Morgan fingerprint density at radius 1 is 1.31 bits per heavy atom. The number of carbonyl (C=O) groups is 1. The van der Waals surface area contributed by atoms with E-state index in [1.54, 1.807) is 37.3 Å². The molecule has 1 aromatic carbocycles. The molecule has 0 spiro atoms. The second-order valence-electron chi connectivity index (χ2n) is 3.44. The summed E-state index contributed by atoms with van der Waals surface area (Å²) in [6.45, 7) is 8.77. The zero-order valence-electron chi connectivity index (χ0n) is 9.14. The van der Waals surface area contributed by atoms with Gasteiger partial charge in [-0.3, -0.25) is 0 Å². The maximum Gasteiger partial charge on any atom is 0.345 e. The van der Waals surface area contributed by atoms with E-state index in [9.17, 15) is 9.90 Å². The van der Waals surface area contributed by atoms with E-state index in [4.69, 9.17) is 4.74 Å². The number of aliphatic hydroxyl groups is 1. The molecule has 1 aromatic rings. The molecule has 84 valence electrons. The molecule has 0 saturated carbocycles. The molecule has 1 N–H and O–H groups in total. The summed E-state index contributed by atoms with van der Waals surface area (Å²) in [5, 5.41) is 9.67. The van der Waals surface area contributed by atoms with Gasteiger partial charge in [-0.1, -0.05) is 43.5 Å². The minimum Gasteiger partial charge on any atom is -0.425 e. The molecule has 0 bridgehead atoms. The molecule has 0 aromatic heterocycles. The number of hydrogen-bond acceptors (Lipinski definition) is 3. The largest absolute Gasteiger partial charge is 0.425 e. The van der Waals surface area contributed by atoms with Crippen LogP contribution < -0.4 is 0 Å². The molecule has 0 radical (unpaired) electrons. The third-order valence-corrected chi connectivity index (χ3v) is 2.04. The fourth-order valence-corrected chi connectivity index (χ4v) is 1.04. The summed E-state index contributed by atoms with van der Waals surface area (Å²) < 4.78 is 4.85. The Bertz CT molecular complexity index is 406. The summed E-state index contributed by atoms with van der Waals surface area (Å²) in [7, 11) is 0. The highest BCUT2D eigenvalue weighted by Gasteiger charge is 2.19. The van der Waals surface area contributed by atoms with Gasteiger partial charge in [0.2, 0.25) is 0 Å². The molecule has 0 fully saturated rings. The van der Waals surface area contributed by atoms with Gasteiger partial charge in [-0.25, -0.2) is 4.79 Å². The summed E-state index contributed by atoms with van der Waals surface area (Å²) in [4.78, 5) is 11.5. The smallest absolute Gasteiger partial charge is 0.345 e. The predicted molar refractivity (Wildman–Crippen MR) is 61.4 cm³/mol. The molecular formula is C13H14O3. The van der Waals surface area contributed by atoms with Crippen molar-refractivity contribution in [2.45, 2.75) is 13.0 Å². The predicted octanol–water partition coefficient (Wildman–Crippen LogP) is 2.35. The normalized spacial score (nSPS) is 11.6. The van der Waals surface area contributed by atoms with E-state index in [0.717, 1.165) is 0 Å². The maximum absolute atomic E-state index is 11.5. The number of esters is 1. The van der Waals surface area contributed by atoms with Crippen LogP contribution in [-0.2, 0) is 9.53 Å². The molecule has 1 rings (SSSR count). The Kier molecular flexibility index (Phi) is 4.03. The minimum absolute atomic E-state index is 0.167. The van der Waals surface area contributed by atoms with Crippen molar-refractivity contribution in [1.29, 1.82) is 0 Å². The van der Waals surface area contributed by atoms with E-state index in [0.29, 0.717) is 11.1 Å². The van der Waals surface area contributed by atoms with Gasteiger partial charge in [0.1, 0.15) is 5.76 Å². The summed E-state index contributed by atoms with van der Waals surface area (Å²) in [5.74, 6) is -0.584. The van der Waals surface area contributed by atoms with Crippen LogP contribution in [0.2, 0.25) is 0 Å². The number of ether oxygens (including phenoxy) is 1. The van der Waals surface area contributed by atoms with Crippen molar-refractivity contribution >= 4 is 5.97 Å². The first-order valence-corrected chi connectivity index (χ1v) is 4.82. The fraction of sp³-hybridized carbons (Fsp3) is 0.154. The molecule has 0 heterocycles. The second kappa shape index (κ2) is 5.28. The van der Waals surface area contributed by atoms with Crippen molar-refractivity contribution in [3.8, 4) is 0 Å². The molecular weight excluding hydrogens is 204 g/mol. The minimum atomic E-state index is -1.29. The average molecular weight is 218 g/mol. The number of allylic oxidation sites excluding steroid dienone is 1. The summed E-state index contributed by atoms with van der Waals surface area (Å²) in [5.41, 5.74) is 1.04. The molecule has 3 nitrogen and oxygen atoms in total. The van der Waals surface area contributed by atoms with E-state index in [-0.39, 0.29) is 5.76 Å². The number of hydrogen-bond donors (Lipinski definition) is 1. The maximum atomic E-state index is 11.5. The molecule has 3 heteroatoms. The molecule has 1 atom stereocenters. The number of aliphatic hydroxyl groups excluding tert-OH is 1. The van der Waals surface area contributed by atoms with Gasteiger partial charge in [-0.15, -0.1) is 0 Å². The summed E-state index contributed by atoms with van der Waals surface area (Å²) >= 11 is 0. The van der Waals surface area contributed by atoms with Crippen molar-refractivity contribution in [2.75, 3.05) is 0 Å². The van der Waals surface area contributed by atoms with Gasteiger partial charge in [0.25, 0.3) is 0 Å². The lowest BCUT2D eigenvalue weighted by Gasteiger charge is -2.11. The van der Waals surface area contributed by atoms with Gasteiger partial charge in [0.05, 0.1) is 0 Å². The lowest BCUT2D eigenvalue weighted by atomic mass is 10.1. The zero-order valence-corrected chi connectivity index (χ0v) is 9.14. The van der Waals surface area contributed by atoms with Crippen LogP contribution in [0.25, 0.3) is 0 Å². The SMILES string of the molecule is C=C(C)C(=C)OC(=O)[C@H](O)c1ccccc1. The Morgan fingerprint density at radius 2 is 1.88 bits per heavy atom. The molecule has 0 aliphatic rings. The van der Waals surface area contributed by atoms with Crippen LogP contribution in [0.1, 0.15) is 18.6 Å². The number of benzene rings is 1. The van der Waals surface area contributed by atoms with Crippen molar-refractivity contribution in [3.63, 3.8) is 0 Å². The van der Waals surface area contributed by atoms with Crippen LogP contribution in [-0.4, -0.2) is 11.1 Å². The van der Waals surface area contributed by atoms with Gasteiger partial charge in [0.15, 0.2) is 6.10 Å². The van der Waals surface area contributed by atoms with E-state index in [2.05, 4.69) is 13.2 Å². The van der Waals surface area contributed by atoms with Gasteiger partial charge < -0.3 is 9.84 Å². The monoisotopic (exact) mass is 218 g/mol. The van der Waals surface area contributed by atoms with Crippen LogP contribution in [0.4, 0.5) is 0 Å². The lowest BCUT2D eigenvalue weighted by molar-refractivity contribution is -0.149. The Balaban J connectivity index is 2.69. The molecule has 0 saturated heterocycles. The van der Waals surface area contributed by atoms with Crippen LogP contribution in [0.15, 0.2) is 54.8 Å². The molecule has 16 heavy (non-hydrogen) atoms. The summed E-state index contributed by atoms with van der Waals surface area (Å²) in [6.07, 6.45) is -1.29. The third-order valence-electron chi connectivity index (χ3n) is 2.04. The highest BCUT2D eigenvalue weighted by molar-refractivity contribution is 5.77. The quantitative estimate of drug-likeness (QED) is 0.479.